The van der Waals surface area contributed by atoms with Crippen LogP contribution in [0.2, 0.25) is 5.02 Å². The Morgan fingerprint density at radius 2 is 1.87 bits per heavy atom. The number of imidazole rings is 1. The molecule has 0 radical (unpaired) electrons. The van der Waals surface area contributed by atoms with Crippen molar-refractivity contribution in [1.82, 2.24) is 4.98 Å². The van der Waals surface area contributed by atoms with E-state index in [1.54, 1.807) is 0 Å². The van der Waals surface area contributed by atoms with Gasteiger partial charge in [-0.25, -0.2) is 0 Å². The molecule has 31 heavy (non-hydrogen) atoms. The Kier molecular flexibility index (Phi) is 6.13. The lowest BCUT2D eigenvalue weighted by Crippen LogP contribution is -3.05. The number of aromatic amines is 1. The number of benzene rings is 2. The number of halogens is 1. The van der Waals surface area contributed by atoms with Gasteiger partial charge in [0, 0.05) is 23.4 Å². The number of anilines is 1. The van der Waals surface area contributed by atoms with Crippen LogP contribution < -0.4 is 14.6 Å². The minimum atomic E-state index is 0.684. The molecule has 158 valence electrons. The zero-order valence-corrected chi connectivity index (χ0v) is 19.0. The van der Waals surface area contributed by atoms with E-state index in [9.17, 15) is 5.26 Å². The first-order chi connectivity index (χ1) is 15.0. The first-order valence-electron chi connectivity index (χ1n) is 10.6. The quantitative estimate of drug-likeness (QED) is 0.309. The Balaban J connectivity index is 1.91. The van der Waals surface area contributed by atoms with Gasteiger partial charge in [0.1, 0.15) is 22.7 Å². The van der Waals surface area contributed by atoms with Gasteiger partial charge in [0.25, 0.3) is 0 Å². The summed E-state index contributed by atoms with van der Waals surface area (Å²) in [5, 5.41) is 14.4. The maximum Gasteiger partial charge on any atom is 0.250 e. The summed E-state index contributed by atoms with van der Waals surface area (Å²) in [4.78, 5) is 4.90. The molecule has 0 fully saturated rings. The van der Waals surface area contributed by atoms with Crippen LogP contribution in [-0.2, 0) is 6.42 Å². The van der Waals surface area contributed by atoms with Crippen molar-refractivity contribution in [2.24, 2.45) is 0 Å². The Bertz CT molecular complexity index is 1270. The number of nitrogens with zero attached hydrogens (tertiary/aromatic N) is 2. The molecule has 0 aliphatic carbocycles. The Morgan fingerprint density at radius 1 is 1.13 bits per heavy atom. The molecule has 0 saturated carbocycles. The third-order valence-electron chi connectivity index (χ3n) is 5.75. The van der Waals surface area contributed by atoms with E-state index in [-0.39, 0.29) is 0 Å². The lowest BCUT2D eigenvalue weighted by atomic mass is 9.97. The van der Waals surface area contributed by atoms with Crippen LogP contribution in [0, 0.1) is 18.3 Å². The van der Waals surface area contributed by atoms with Crippen molar-refractivity contribution in [3.05, 3.63) is 75.8 Å². The maximum absolute atomic E-state index is 10.0. The van der Waals surface area contributed by atoms with E-state index in [1.165, 1.54) is 4.90 Å². The Morgan fingerprint density at radius 3 is 2.58 bits per heavy atom. The summed E-state index contributed by atoms with van der Waals surface area (Å²) in [7, 11) is 4.34. The fraction of sp³-hybridized carbons (Fsp3) is 0.280. The normalized spacial score (nSPS) is 11.4. The van der Waals surface area contributed by atoms with Gasteiger partial charge in [-0.05, 0) is 42.3 Å². The van der Waals surface area contributed by atoms with E-state index < -0.39 is 0 Å². The first kappa shape index (κ1) is 21.2. The molecule has 4 rings (SSSR count). The number of H-pyrrole nitrogens is 1. The smallest absolute Gasteiger partial charge is 0.250 e. The van der Waals surface area contributed by atoms with Gasteiger partial charge in [-0.1, -0.05) is 35.9 Å². The molecular formula is C25H28ClN5+2. The molecule has 5 nitrogen and oxygen atoms in total. The second-order valence-electron chi connectivity index (χ2n) is 8.31. The SMILES string of the molecule is Cc1c(Cc2ccc(Cl)cc2)c(NCCC[NH+](C)C)[n+]2c([nH]c3ccccc32)c1C#N. The minimum Gasteiger partial charge on any atom is -0.340 e. The van der Waals surface area contributed by atoms with E-state index in [1.807, 2.05) is 31.2 Å². The molecule has 2 aromatic heterocycles. The van der Waals surface area contributed by atoms with Crippen molar-refractivity contribution in [3.63, 3.8) is 0 Å². The molecule has 0 bridgehead atoms. The van der Waals surface area contributed by atoms with Crippen molar-refractivity contribution in [1.29, 1.82) is 5.26 Å². The van der Waals surface area contributed by atoms with Crippen LogP contribution in [0.25, 0.3) is 16.7 Å². The minimum absolute atomic E-state index is 0.684. The molecule has 0 atom stereocenters. The van der Waals surface area contributed by atoms with Gasteiger partial charge in [-0.15, -0.1) is 0 Å². The van der Waals surface area contributed by atoms with Gasteiger partial charge in [0.05, 0.1) is 27.2 Å². The van der Waals surface area contributed by atoms with Crippen molar-refractivity contribution < 1.29 is 9.30 Å². The van der Waals surface area contributed by atoms with Crippen LogP contribution in [0.15, 0.2) is 48.5 Å². The number of fused-ring (bicyclic) bond motifs is 3. The topological polar surface area (TPSA) is 60.1 Å². The van der Waals surface area contributed by atoms with Gasteiger partial charge in [0.2, 0.25) is 11.5 Å². The van der Waals surface area contributed by atoms with Gasteiger partial charge in [-0.3, -0.25) is 4.98 Å². The number of quaternary nitrogens is 1. The summed E-state index contributed by atoms with van der Waals surface area (Å²) in [6, 6.07) is 18.6. The van der Waals surface area contributed by atoms with Crippen LogP contribution >= 0.6 is 11.6 Å². The number of nitriles is 1. The number of nitrogens with one attached hydrogen (secondary N) is 3. The summed E-state index contributed by atoms with van der Waals surface area (Å²) in [5.41, 5.74) is 6.90. The van der Waals surface area contributed by atoms with E-state index in [4.69, 9.17) is 11.6 Å². The van der Waals surface area contributed by atoms with Crippen LogP contribution in [0.1, 0.15) is 28.7 Å². The molecule has 2 aromatic carbocycles. The zero-order chi connectivity index (χ0) is 22.0. The Labute approximate surface area is 187 Å². The second-order valence-corrected chi connectivity index (χ2v) is 8.74. The van der Waals surface area contributed by atoms with Gasteiger partial charge < -0.3 is 10.2 Å². The second kappa shape index (κ2) is 8.97. The van der Waals surface area contributed by atoms with Gasteiger partial charge in [0.15, 0.2) is 0 Å². The highest BCUT2D eigenvalue weighted by Gasteiger charge is 2.25. The predicted molar refractivity (Wildman–Crippen MR) is 126 cm³/mol. The van der Waals surface area contributed by atoms with Crippen molar-refractivity contribution >= 4 is 34.1 Å². The number of rotatable bonds is 7. The summed E-state index contributed by atoms with van der Waals surface area (Å²) in [6.07, 6.45) is 1.79. The third-order valence-corrected chi connectivity index (χ3v) is 6.00. The predicted octanol–water partition coefficient (Wildman–Crippen LogP) is 3.28. The molecule has 0 aliphatic rings. The molecule has 4 aromatic rings. The molecule has 0 amide bonds. The number of hydrogen-bond donors (Lipinski definition) is 3. The lowest BCUT2D eigenvalue weighted by molar-refractivity contribution is -0.858. The van der Waals surface area contributed by atoms with Crippen LogP contribution in [-0.4, -0.2) is 32.2 Å². The molecule has 0 saturated heterocycles. The zero-order valence-electron chi connectivity index (χ0n) is 18.2. The van der Waals surface area contributed by atoms with E-state index in [0.29, 0.717) is 5.56 Å². The highest BCUT2D eigenvalue weighted by Crippen LogP contribution is 2.28. The fourth-order valence-electron chi connectivity index (χ4n) is 4.12. The molecular weight excluding hydrogens is 406 g/mol. The van der Waals surface area contributed by atoms with Crippen molar-refractivity contribution in [2.75, 3.05) is 32.5 Å². The maximum atomic E-state index is 10.0. The highest BCUT2D eigenvalue weighted by atomic mass is 35.5. The van der Waals surface area contributed by atoms with Crippen molar-refractivity contribution in [2.45, 2.75) is 19.8 Å². The van der Waals surface area contributed by atoms with E-state index >= 15 is 0 Å². The summed E-state index contributed by atoms with van der Waals surface area (Å²) < 4.78 is 2.18. The fourth-order valence-corrected chi connectivity index (χ4v) is 4.25. The molecule has 0 spiro atoms. The highest BCUT2D eigenvalue weighted by molar-refractivity contribution is 6.30. The van der Waals surface area contributed by atoms with Crippen molar-refractivity contribution in [3.8, 4) is 6.07 Å². The molecule has 0 aliphatic heterocycles. The van der Waals surface area contributed by atoms with Gasteiger partial charge in [-0.2, -0.15) is 9.66 Å². The van der Waals surface area contributed by atoms with Crippen LogP contribution in [0.4, 0.5) is 5.82 Å². The summed E-state index contributed by atoms with van der Waals surface area (Å²) in [5.74, 6) is 1.05. The monoisotopic (exact) mass is 433 g/mol. The largest absolute Gasteiger partial charge is 0.340 e. The average Bonchev–Trinajstić information content (AvgIpc) is 3.13. The molecule has 2 heterocycles. The average molecular weight is 434 g/mol. The number of pyridine rings is 1. The number of aromatic nitrogens is 2. The Hall–Kier alpha value is -3.07. The van der Waals surface area contributed by atoms with Gasteiger partial charge >= 0.3 is 0 Å². The van der Waals surface area contributed by atoms with Crippen LogP contribution in [0.5, 0.6) is 0 Å². The van der Waals surface area contributed by atoms with Crippen LogP contribution in [0.3, 0.4) is 0 Å². The molecule has 3 N–H and O–H groups in total. The lowest BCUT2D eigenvalue weighted by Gasteiger charge is -2.15. The molecule has 6 heteroatoms. The summed E-state index contributed by atoms with van der Waals surface area (Å²) in [6.45, 7) is 4.01. The summed E-state index contributed by atoms with van der Waals surface area (Å²) >= 11 is 6.10. The third kappa shape index (κ3) is 4.23. The van der Waals surface area contributed by atoms with E-state index in [0.717, 1.165) is 70.1 Å². The number of para-hydroxylation sites is 2. The van der Waals surface area contributed by atoms with E-state index in [2.05, 4.69) is 59.1 Å². The molecule has 0 unspecified atom stereocenters. The standard InChI is InChI=1S/C25H26ClN5/c1-17-20(15-18-9-11-19(26)12-10-18)24(28-13-6-14-30(2)3)31-23-8-5-4-7-22(23)29-25(31)21(17)16-27/h4-5,7-12H,6,13-15H2,1-3H3,(H,28,29)/p+2. The number of hydrogen-bond acceptors (Lipinski definition) is 2. The first-order valence-corrected chi connectivity index (χ1v) is 11.0.